The number of hydrogen-bond donors (Lipinski definition) is 2. The summed E-state index contributed by atoms with van der Waals surface area (Å²) in [7, 11) is 0. The third-order valence-corrected chi connectivity index (χ3v) is 4.81. The van der Waals surface area contributed by atoms with Gasteiger partial charge in [-0.25, -0.2) is 0 Å². The van der Waals surface area contributed by atoms with Gasteiger partial charge in [0.05, 0.1) is 24.8 Å². The maximum atomic E-state index is 12.8. The normalized spacial score (nSPS) is 16.0. The Morgan fingerprint density at radius 2 is 1.63 bits per heavy atom. The van der Waals surface area contributed by atoms with Crippen LogP contribution in [0, 0.1) is 0 Å². The first-order chi connectivity index (χ1) is 14.2. The molecule has 1 aliphatic heterocycles. The highest BCUT2D eigenvalue weighted by atomic mass is 19.4. The molecular weight excluding hydrogens is 399 g/mol. The number of benzene rings is 2. The highest BCUT2D eigenvalue weighted by Gasteiger charge is 2.31. The van der Waals surface area contributed by atoms with Crippen molar-refractivity contribution in [3.8, 4) is 0 Å². The lowest BCUT2D eigenvalue weighted by molar-refractivity contribution is -0.137. The number of amides is 2. The molecule has 2 N–H and O–H groups in total. The molecule has 1 fully saturated rings. The smallest absolute Gasteiger partial charge is 0.379 e. The summed E-state index contributed by atoms with van der Waals surface area (Å²) in [5.41, 5.74) is -0.176. The minimum Gasteiger partial charge on any atom is -0.379 e. The van der Waals surface area contributed by atoms with Gasteiger partial charge in [-0.2, -0.15) is 13.2 Å². The van der Waals surface area contributed by atoms with Gasteiger partial charge in [0.2, 0.25) is 5.91 Å². The second kappa shape index (κ2) is 9.27. The minimum absolute atomic E-state index is 0.111. The number of ether oxygens (including phenoxy) is 1. The number of nitrogens with one attached hydrogen (secondary N) is 2. The van der Waals surface area contributed by atoms with Crippen molar-refractivity contribution in [2.45, 2.75) is 19.1 Å². The Balaban J connectivity index is 1.65. The fourth-order valence-corrected chi connectivity index (χ4v) is 3.09. The van der Waals surface area contributed by atoms with E-state index in [2.05, 4.69) is 10.6 Å². The van der Waals surface area contributed by atoms with Crippen molar-refractivity contribution < 1.29 is 27.5 Å². The first-order valence-electron chi connectivity index (χ1n) is 9.45. The van der Waals surface area contributed by atoms with E-state index in [0.29, 0.717) is 37.7 Å². The summed E-state index contributed by atoms with van der Waals surface area (Å²) in [4.78, 5) is 26.9. The molecule has 1 atom stereocenters. The number of hydrogen-bond acceptors (Lipinski definition) is 4. The average molecular weight is 421 g/mol. The van der Waals surface area contributed by atoms with Crippen LogP contribution in [0.25, 0.3) is 0 Å². The van der Waals surface area contributed by atoms with E-state index in [1.807, 2.05) is 4.90 Å². The van der Waals surface area contributed by atoms with Crippen molar-refractivity contribution in [3.05, 3.63) is 59.7 Å². The van der Waals surface area contributed by atoms with Gasteiger partial charge in [-0.1, -0.05) is 12.1 Å². The Bertz CT molecular complexity index is 912. The van der Waals surface area contributed by atoms with Gasteiger partial charge in [0.15, 0.2) is 0 Å². The Morgan fingerprint density at radius 1 is 1.00 bits per heavy atom. The Kier molecular flexibility index (Phi) is 6.73. The minimum atomic E-state index is -4.53. The van der Waals surface area contributed by atoms with Crippen molar-refractivity contribution in [2.75, 3.05) is 36.9 Å². The number of halogens is 3. The van der Waals surface area contributed by atoms with Crippen LogP contribution in [0.2, 0.25) is 0 Å². The Morgan fingerprint density at radius 3 is 2.30 bits per heavy atom. The molecule has 2 aromatic carbocycles. The first kappa shape index (κ1) is 21.8. The van der Waals surface area contributed by atoms with Crippen molar-refractivity contribution in [1.82, 2.24) is 4.90 Å². The van der Waals surface area contributed by atoms with Gasteiger partial charge in [0.1, 0.15) is 0 Å². The van der Waals surface area contributed by atoms with Crippen LogP contribution in [0.3, 0.4) is 0 Å². The number of nitrogens with zero attached hydrogens (tertiary/aromatic N) is 1. The fraction of sp³-hybridized carbons (Fsp3) is 0.333. The number of anilines is 2. The molecule has 2 aromatic rings. The molecule has 160 valence electrons. The molecule has 30 heavy (non-hydrogen) atoms. The first-order valence-corrected chi connectivity index (χ1v) is 9.45. The predicted octanol–water partition coefficient (Wildman–Crippen LogP) is 3.62. The zero-order valence-electron chi connectivity index (χ0n) is 16.3. The summed E-state index contributed by atoms with van der Waals surface area (Å²) < 4.78 is 43.8. The molecule has 1 aliphatic rings. The highest BCUT2D eigenvalue weighted by molar-refractivity contribution is 6.05. The Hall–Kier alpha value is -2.91. The van der Waals surface area contributed by atoms with E-state index in [4.69, 9.17) is 4.74 Å². The van der Waals surface area contributed by atoms with Crippen molar-refractivity contribution in [1.29, 1.82) is 0 Å². The maximum Gasteiger partial charge on any atom is 0.416 e. The second-order valence-corrected chi connectivity index (χ2v) is 6.93. The van der Waals surface area contributed by atoms with Gasteiger partial charge >= 0.3 is 6.18 Å². The van der Waals surface area contributed by atoms with E-state index in [0.717, 1.165) is 12.1 Å². The third-order valence-electron chi connectivity index (χ3n) is 4.81. The summed E-state index contributed by atoms with van der Waals surface area (Å²) >= 11 is 0. The molecule has 2 amide bonds. The SMILES string of the molecule is CC(C(=O)Nc1cccc(NC(=O)c2cccc(C(F)(F)F)c2)c1)N1CCOCC1. The van der Waals surface area contributed by atoms with Gasteiger partial charge in [-0.3, -0.25) is 14.5 Å². The number of carbonyl (C=O) groups excluding carboxylic acids is 2. The molecule has 0 bridgehead atoms. The molecule has 1 saturated heterocycles. The molecule has 0 saturated carbocycles. The van der Waals surface area contributed by atoms with Gasteiger partial charge in [0.25, 0.3) is 5.91 Å². The van der Waals surface area contributed by atoms with Crippen LogP contribution in [0.1, 0.15) is 22.8 Å². The van der Waals surface area contributed by atoms with Crippen LogP contribution in [0.5, 0.6) is 0 Å². The third kappa shape index (κ3) is 5.58. The molecule has 0 spiro atoms. The number of alkyl halides is 3. The monoisotopic (exact) mass is 421 g/mol. The summed E-state index contributed by atoms with van der Waals surface area (Å²) in [5.74, 6) is -0.871. The van der Waals surface area contributed by atoms with Crippen LogP contribution in [0.4, 0.5) is 24.5 Å². The number of rotatable bonds is 5. The van der Waals surface area contributed by atoms with Crippen molar-refractivity contribution >= 4 is 23.2 Å². The van der Waals surface area contributed by atoms with E-state index in [1.54, 1.807) is 31.2 Å². The van der Waals surface area contributed by atoms with Gasteiger partial charge < -0.3 is 15.4 Å². The molecule has 0 radical (unpaired) electrons. The van der Waals surface area contributed by atoms with E-state index >= 15 is 0 Å². The van der Waals surface area contributed by atoms with Crippen LogP contribution in [-0.4, -0.2) is 49.1 Å². The van der Waals surface area contributed by atoms with Gasteiger partial charge in [-0.05, 0) is 43.3 Å². The molecule has 3 rings (SSSR count). The van der Waals surface area contributed by atoms with Crippen LogP contribution in [-0.2, 0) is 15.7 Å². The van der Waals surface area contributed by atoms with E-state index < -0.39 is 17.6 Å². The van der Waals surface area contributed by atoms with E-state index in [-0.39, 0.29) is 17.5 Å². The van der Waals surface area contributed by atoms with Crippen LogP contribution < -0.4 is 10.6 Å². The van der Waals surface area contributed by atoms with Crippen molar-refractivity contribution in [3.63, 3.8) is 0 Å². The quantitative estimate of drug-likeness (QED) is 0.774. The standard InChI is InChI=1S/C21H22F3N3O3/c1-14(27-8-10-30-11-9-27)19(28)25-17-6-3-7-18(13-17)26-20(29)15-4-2-5-16(12-15)21(22,23)24/h2-7,12-14H,8-11H2,1H3,(H,25,28)(H,26,29). The van der Waals surface area contributed by atoms with Gasteiger partial charge in [0, 0.05) is 30.0 Å². The molecule has 6 nitrogen and oxygen atoms in total. The molecule has 9 heteroatoms. The summed E-state index contributed by atoms with van der Waals surface area (Å²) in [6, 6.07) is 10.3. The van der Waals surface area contributed by atoms with Crippen LogP contribution >= 0.6 is 0 Å². The average Bonchev–Trinajstić information content (AvgIpc) is 2.73. The maximum absolute atomic E-state index is 12.8. The Labute approximate surface area is 172 Å². The summed E-state index contributed by atoms with van der Waals surface area (Å²) in [6.07, 6.45) is -4.53. The summed E-state index contributed by atoms with van der Waals surface area (Å²) in [5, 5.41) is 5.36. The van der Waals surface area contributed by atoms with Gasteiger partial charge in [-0.15, -0.1) is 0 Å². The molecule has 1 unspecified atom stereocenters. The highest BCUT2D eigenvalue weighted by Crippen LogP contribution is 2.29. The largest absolute Gasteiger partial charge is 0.416 e. The van der Waals surface area contributed by atoms with E-state index in [9.17, 15) is 22.8 Å². The molecule has 0 aliphatic carbocycles. The fourth-order valence-electron chi connectivity index (χ4n) is 3.09. The predicted molar refractivity (Wildman–Crippen MR) is 106 cm³/mol. The lowest BCUT2D eigenvalue weighted by atomic mass is 10.1. The van der Waals surface area contributed by atoms with E-state index in [1.165, 1.54) is 12.1 Å². The molecule has 0 aromatic heterocycles. The van der Waals surface area contributed by atoms with Crippen molar-refractivity contribution in [2.24, 2.45) is 0 Å². The lowest BCUT2D eigenvalue weighted by Crippen LogP contribution is -2.47. The second-order valence-electron chi connectivity index (χ2n) is 6.93. The number of morpholine rings is 1. The molecule has 1 heterocycles. The molecular formula is C21H22F3N3O3. The zero-order chi connectivity index (χ0) is 21.7. The number of carbonyl (C=O) groups is 2. The summed E-state index contributed by atoms with van der Waals surface area (Å²) in [6.45, 7) is 4.30. The lowest BCUT2D eigenvalue weighted by Gasteiger charge is -2.31. The topological polar surface area (TPSA) is 70.7 Å². The van der Waals surface area contributed by atoms with Crippen LogP contribution in [0.15, 0.2) is 48.5 Å². The zero-order valence-corrected chi connectivity index (χ0v) is 16.3.